The van der Waals surface area contributed by atoms with Crippen LogP contribution in [-0.4, -0.2) is 29.0 Å². The third kappa shape index (κ3) is 4.51. The zero-order chi connectivity index (χ0) is 14.4. The molecule has 0 aromatic heterocycles. The second-order valence-corrected chi connectivity index (χ2v) is 5.10. The van der Waals surface area contributed by atoms with Crippen LogP contribution in [0.1, 0.15) is 51.2 Å². The van der Waals surface area contributed by atoms with Crippen LogP contribution in [0, 0.1) is 0 Å². The van der Waals surface area contributed by atoms with Gasteiger partial charge in [-0.1, -0.05) is 26.0 Å². The number of aliphatic hydroxyl groups excluding tert-OH is 2. The average molecular weight is 266 g/mol. The summed E-state index contributed by atoms with van der Waals surface area (Å²) in [4.78, 5) is 0. The Labute approximate surface area is 116 Å². The van der Waals surface area contributed by atoms with Crippen LogP contribution in [0.4, 0.5) is 0 Å². The highest BCUT2D eigenvalue weighted by atomic mass is 16.5. The van der Waals surface area contributed by atoms with E-state index in [1.54, 1.807) is 6.92 Å². The van der Waals surface area contributed by atoms with Crippen molar-refractivity contribution in [2.75, 3.05) is 6.61 Å². The SMILES string of the molecule is CCOc1ccc(CC)cc1C(C)CC(O)C(C)O. The van der Waals surface area contributed by atoms with Gasteiger partial charge in [0.25, 0.3) is 0 Å². The third-order valence-corrected chi connectivity index (χ3v) is 3.47. The first kappa shape index (κ1) is 16.0. The summed E-state index contributed by atoms with van der Waals surface area (Å²) in [6, 6.07) is 6.22. The van der Waals surface area contributed by atoms with Gasteiger partial charge in [0, 0.05) is 0 Å². The number of hydrogen-bond donors (Lipinski definition) is 2. The summed E-state index contributed by atoms with van der Waals surface area (Å²) in [6.45, 7) is 8.39. The molecule has 0 aliphatic rings. The molecule has 0 amide bonds. The van der Waals surface area contributed by atoms with Crippen LogP contribution < -0.4 is 4.74 Å². The Morgan fingerprint density at radius 1 is 1.16 bits per heavy atom. The lowest BCUT2D eigenvalue weighted by atomic mass is 9.91. The summed E-state index contributed by atoms with van der Waals surface area (Å²) < 4.78 is 5.66. The van der Waals surface area contributed by atoms with Gasteiger partial charge in [-0.3, -0.25) is 0 Å². The molecule has 0 bridgehead atoms. The minimum absolute atomic E-state index is 0.151. The van der Waals surface area contributed by atoms with Crippen LogP contribution in [0.3, 0.4) is 0 Å². The van der Waals surface area contributed by atoms with Gasteiger partial charge >= 0.3 is 0 Å². The Morgan fingerprint density at radius 2 is 1.84 bits per heavy atom. The van der Waals surface area contributed by atoms with E-state index in [1.807, 2.05) is 13.0 Å². The lowest BCUT2D eigenvalue weighted by molar-refractivity contribution is 0.0226. The predicted octanol–water partition coefficient (Wildman–Crippen LogP) is 2.88. The van der Waals surface area contributed by atoms with Gasteiger partial charge in [-0.25, -0.2) is 0 Å². The molecule has 0 radical (unpaired) electrons. The van der Waals surface area contributed by atoms with Crippen molar-refractivity contribution in [2.45, 2.75) is 58.7 Å². The van der Waals surface area contributed by atoms with Crippen molar-refractivity contribution >= 4 is 0 Å². The Kier molecular flexibility index (Phi) is 6.32. The zero-order valence-corrected chi connectivity index (χ0v) is 12.4. The van der Waals surface area contributed by atoms with Gasteiger partial charge in [0.2, 0.25) is 0 Å². The molecule has 3 nitrogen and oxygen atoms in total. The lowest BCUT2D eigenvalue weighted by Crippen LogP contribution is -2.24. The Balaban J connectivity index is 2.94. The number of aryl methyl sites for hydroxylation is 1. The molecule has 3 unspecified atom stereocenters. The number of benzene rings is 1. The van der Waals surface area contributed by atoms with E-state index in [2.05, 4.69) is 26.0 Å². The summed E-state index contributed by atoms with van der Waals surface area (Å²) in [7, 11) is 0. The Bertz CT molecular complexity index is 388. The molecule has 3 atom stereocenters. The standard InChI is InChI=1S/C16H26O3/c1-5-13-7-8-16(19-6-2)14(10-13)11(3)9-15(18)12(4)17/h7-8,10-12,15,17-18H,5-6,9H2,1-4H3. The van der Waals surface area contributed by atoms with Gasteiger partial charge in [0.05, 0.1) is 18.8 Å². The second kappa shape index (κ2) is 7.51. The minimum atomic E-state index is -0.702. The largest absolute Gasteiger partial charge is 0.494 e. The number of hydrogen-bond acceptors (Lipinski definition) is 3. The normalized spacial score (nSPS) is 15.9. The molecule has 0 heterocycles. The van der Waals surface area contributed by atoms with Crippen molar-refractivity contribution in [1.29, 1.82) is 0 Å². The molecule has 1 aromatic carbocycles. The fourth-order valence-electron chi connectivity index (χ4n) is 2.18. The van der Waals surface area contributed by atoms with E-state index in [4.69, 9.17) is 4.74 Å². The summed E-state index contributed by atoms with van der Waals surface area (Å²) in [6.07, 6.45) is 0.109. The van der Waals surface area contributed by atoms with Crippen molar-refractivity contribution in [3.63, 3.8) is 0 Å². The maximum Gasteiger partial charge on any atom is 0.122 e. The van der Waals surface area contributed by atoms with Crippen molar-refractivity contribution < 1.29 is 14.9 Å². The van der Waals surface area contributed by atoms with Crippen molar-refractivity contribution in [2.24, 2.45) is 0 Å². The van der Waals surface area contributed by atoms with E-state index in [9.17, 15) is 10.2 Å². The molecule has 1 rings (SSSR count). The molecule has 0 aliphatic heterocycles. The van der Waals surface area contributed by atoms with Gasteiger partial charge in [-0.05, 0) is 49.8 Å². The number of ether oxygens (including phenoxy) is 1. The van der Waals surface area contributed by atoms with Crippen LogP contribution >= 0.6 is 0 Å². The van der Waals surface area contributed by atoms with Crippen LogP contribution in [0.2, 0.25) is 0 Å². The van der Waals surface area contributed by atoms with Crippen LogP contribution in [-0.2, 0) is 6.42 Å². The maximum atomic E-state index is 9.81. The molecule has 108 valence electrons. The minimum Gasteiger partial charge on any atom is -0.494 e. The van der Waals surface area contributed by atoms with Crippen molar-refractivity contribution in [3.05, 3.63) is 29.3 Å². The fourth-order valence-corrected chi connectivity index (χ4v) is 2.18. The zero-order valence-electron chi connectivity index (χ0n) is 12.4. The van der Waals surface area contributed by atoms with Gasteiger partial charge < -0.3 is 14.9 Å². The topological polar surface area (TPSA) is 49.7 Å². The molecule has 1 aromatic rings. The predicted molar refractivity (Wildman–Crippen MR) is 77.7 cm³/mol. The molecular formula is C16H26O3. The fraction of sp³-hybridized carbons (Fsp3) is 0.625. The van der Waals surface area contributed by atoms with Crippen molar-refractivity contribution in [3.8, 4) is 5.75 Å². The van der Waals surface area contributed by atoms with Gasteiger partial charge in [0.1, 0.15) is 5.75 Å². The van der Waals surface area contributed by atoms with Crippen LogP contribution in [0.25, 0.3) is 0 Å². The van der Waals surface area contributed by atoms with Crippen LogP contribution in [0.5, 0.6) is 5.75 Å². The highest BCUT2D eigenvalue weighted by Gasteiger charge is 2.19. The molecule has 0 spiro atoms. The van der Waals surface area contributed by atoms with Gasteiger partial charge in [0.15, 0.2) is 0 Å². The maximum absolute atomic E-state index is 9.81. The van der Waals surface area contributed by atoms with E-state index in [0.29, 0.717) is 13.0 Å². The van der Waals surface area contributed by atoms with Crippen molar-refractivity contribution in [1.82, 2.24) is 0 Å². The molecule has 0 aliphatic carbocycles. The highest BCUT2D eigenvalue weighted by Crippen LogP contribution is 2.31. The van der Waals surface area contributed by atoms with Gasteiger partial charge in [-0.2, -0.15) is 0 Å². The summed E-state index contributed by atoms with van der Waals surface area (Å²) >= 11 is 0. The smallest absolute Gasteiger partial charge is 0.122 e. The van der Waals surface area contributed by atoms with E-state index in [-0.39, 0.29) is 5.92 Å². The van der Waals surface area contributed by atoms with E-state index in [0.717, 1.165) is 17.7 Å². The highest BCUT2D eigenvalue weighted by molar-refractivity contribution is 5.39. The molecule has 0 saturated heterocycles. The lowest BCUT2D eigenvalue weighted by Gasteiger charge is -2.21. The monoisotopic (exact) mass is 266 g/mol. The Hall–Kier alpha value is -1.06. The number of rotatable bonds is 7. The van der Waals surface area contributed by atoms with Crippen LogP contribution in [0.15, 0.2) is 18.2 Å². The molecular weight excluding hydrogens is 240 g/mol. The van der Waals surface area contributed by atoms with E-state index in [1.165, 1.54) is 5.56 Å². The van der Waals surface area contributed by atoms with E-state index < -0.39 is 12.2 Å². The molecule has 0 fully saturated rings. The summed E-state index contributed by atoms with van der Waals surface area (Å²) in [5.74, 6) is 1.03. The molecule has 3 heteroatoms. The first-order valence-corrected chi connectivity index (χ1v) is 7.11. The van der Waals surface area contributed by atoms with Gasteiger partial charge in [-0.15, -0.1) is 0 Å². The first-order valence-electron chi connectivity index (χ1n) is 7.11. The third-order valence-electron chi connectivity index (χ3n) is 3.47. The molecule has 0 saturated carbocycles. The molecule has 19 heavy (non-hydrogen) atoms. The van der Waals surface area contributed by atoms with E-state index >= 15 is 0 Å². The summed E-state index contributed by atoms with van der Waals surface area (Å²) in [5, 5.41) is 19.2. The average Bonchev–Trinajstić information content (AvgIpc) is 2.39. The second-order valence-electron chi connectivity index (χ2n) is 5.10. The summed E-state index contributed by atoms with van der Waals surface area (Å²) in [5.41, 5.74) is 2.37. The number of aliphatic hydroxyl groups is 2. The quantitative estimate of drug-likeness (QED) is 0.798. The first-order chi connectivity index (χ1) is 8.99. The Morgan fingerprint density at radius 3 is 2.37 bits per heavy atom. The molecule has 2 N–H and O–H groups in total.